The van der Waals surface area contributed by atoms with Crippen molar-refractivity contribution in [2.75, 3.05) is 32.6 Å². The van der Waals surface area contributed by atoms with Crippen LogP contribution < -0.4 is 9.64 Å². The van der Waals surface area contributed by atoms with Crippen molar-refractivity contribution in [3.63, 3.8) is 0 Å². The molecular formula is C14H18N2O3. The zero-order valence-electron chi connectivity index (χ0n) is 11.6. The second-order valence-corrected chi connectivity index (χ2v) is 5.61. The lowest BCUT2D eigenvalue weighted by Gasteiger charge is -2.34. The highest BCUT2D eigenvalue weighted by Crippen LogP contribution is 2.54. The molecule has 1 aromatic carbocycles. The summed E-state index contributed by atoms with van der Waals surface area (Å²) in [5.74, 6) is 0.479. The zero-order chi connectivity index (χ0) is 14.0. The minimum Gasteiger partial charge on any atom is -0.497 e. The maximum absolute atomic E-state index is 12.4. The Balaban J connectivity index is 2.26. The van der Waals surface area contributed by atoms with Crippen LogP contribution in [0, 0.1) is 0 Å². The number of fused-ring (bicyclic) bond motifs is 3. The van der Waals surface area contributed by atoms with Crippen LogP contribution in [0.2, 0.25) is 0 Å². The molecule has 1 amide bonds. The number of nitrogens with zero attached hydrogens (tertiary/aromatic N) is 2. The number of ether oxygens (including phenoxy) is 1. The van der Waals surface area contributed by atoms with E-state index < -0.39 is 11.1 Å². The van der Waals surface area contributed by atoms with Crippen LogP contribution in [0.5, 0.6) is 5.75 Å². The number of methoxy groups -OCH3 is 1. The first-order valence-electron chi connectivity index (χ1n) is 6.26. The zero-order valence-corrected chi connectivity index (χ0v) is 11.6. The van der Waals surface area contributed by atoms with E-state index in [0.717, 1.165) is 17.0 Å². The number of hydrogen-bond acceptors (Lipinski definition) is 4. The van der Waals surface area contributed by atoms with E-state index in [4.69, 9.17) is 4.74 Å². The molecule has 0 aliphatic carbocycles. The maximum Gasteiger partial charge on any atom is 0.276 e. The quantitative estimate of drug-likeness (QED) is 0.803. The molecule has 2 heterocycles. The Bertz CT molecular complexity index is 574. The summed E-state index contributed by atoms with van der Waals surface area (Å²) in [4.78, 5) is 15.6. The maximum atomic E-state index is 12.4. The van der Waals surface area contributed by atoms with Gasteiger partial charge in [0.25, 0.3) is 5.91 Å². The lowest BCUT2D eigenvalue weighted by molar-refractivity contribution is -0.144. The van der Waals surface area contributed by atoms with Gasteiger partial charge in [-0.3, -0.25) is 4.79 Å². The molecule has 0 saturated carbocycles. The SMILES string of the molecule is COc1ccc2c(c1)[C@]1(C)CN(C)C(=O)[C@@]1(O)N2C. The summed E-state index contributed by atoms with van der Waals surface area (Å²) in [7, 11) is 5.09. The lowest BCUT2D eigenvalue weighted by atomic mass is 9.78. The van der Waals surface area contributed by atoms with E-state index in [-0.39, 0.29) is 5.91 Å². The predicted molar refractivity (Wildman–Crippen MR) is 71.3 cm³/mol. The van der Waals surface area contributed by atoms with Gasteiger partial charge in [0.2, 0.25) is 5.72 Å². The van der Waals surface area contributed by atoms with E-state index in [0.29, 0.717) is 6.54 Å². The minimum atomic E-state index is -1.50. The van der Waals surface area contributed by atoms with Gasteiger partial charge in [-0.25, -0.2) is 0 Å². The van der Waals surface area contributed by atoms with Gasteiger partial charge < -0.3 is 19.6 Å². The van der Waals surface area contributed by atoms with Crippen molar-refractivity contribution in [3.8, 4) is 5.75 Å². The first-order valence-corrected chi connectivity index (χ1v) is 6.26. The van der Waals surface area contributed by atoms with Gasteiger partial charge in [0.15, 0.2) is 0 Å². The number of carbonyl (C=O) groups is 1. The number of anilines is 1. The van der Waals surface area contributed by atoms with Gasteiger partial charge in [0.05, 0.1) is 12.5 Å². The van der Waals surface area contributed by atoms with Crippen molar-refractivity contribution in [3.05, 3.63) is 23.8 Å². The van der Waals surface area contributed by atoms with Gasteiger partial charge in [-0.1, -0.05) is 0 Å². The third kappa shape index (κ3) is 1.16. The third-order valence-electron chi connectivity index (χ3n) is 4.61. The van der Waals surface area contributed by atoms with Crippen molar-refractivity contribution < 1.29 is 14.6 Å². The Kier molecular flexibility index (Phi) is 2.21. The number of benzene rings is 1. The first-order chi connectivity index (χ1) is 8.86. The van der Waals surface area contributed by atoms with Gasteiger partial charge in [-0.05, 0) is 30.7 Å². The van der Waals surface area contributed by atoms with Gasteiger partial charge in [0, 0.05) is 26.3 Å². The van der Waals surface area contributed by atoms with Crippen LogP contribution >= 0.6 is 0 Å². The van der Waals surface area contributed by atoms with Gasteiger partial charge in [-0.2, -0.15) is 0 Å². The van der Waals surface area contributed by atoms with Crippen molar-refractivity contribution in [2.24, 2.45) is 0 Å². The molecule has 1 aromatic rings. The Morgan fingerprint density at radius 3 is 2.68 bits per heavy atom. The van der Waals surface area contributed by atoms with Crippen molar-refractivity contribution in [1.82, 2.24) is 4.90 Å². The van der Waals surface area contributed by atoms with Gasteiger partial charge in [-0.15, -0.1) is 0 Å². The average Bonchev–Trinajstić information content (AvgIpc) is 2.69. The van der Waals surface area contributed by atoms with E-state index in [9.17, 15) is 9.90 Å². The fraction of sp³-hybridized carbons (Fsp3) is 0.500. The van der Waals surface area contributed by atoms with Crippen LogP contribution in [0.25, 0.3) is 0 Å². The molecule has 0 unspecified atom stereocenters. The molecule has 102 valence electrons. The number of carbonyl (C=O) groups excluding carboxylic acids is 1. The molecule has 3 rings (SSSR count). The molecule has 2 atom stereocenters. The Labute approximate surface area is 112 Å². The average molecular weight is 262 g/mol. The molecule has 2 aliphatic heterocycles. The fourth-order valence-corrected chi connectivity index (χ4v) is 3.50. The van der Waals surface area contributed by atoms with Crippen molar-refractivity contribution in [2.45, 2.75) is 18.1 Å². The van der Waals surface area contributed by atoms with E-state index >= 15 is 0 Å². The molecule has 1 saturated heterocycles. The second-order valence-electron chi connectivity index (χ2n) is 5.61. The van der Waals surface area contributed by atoms with E-state index in [2.05, 4.69) is 0 Å². The predicted octanol–water partition coefficient (Wildman–Crippen LogP) is 0.563. The van der Waals surface area contributed by atoms with Crippen LogP contribution in [0.1, 0.15) is 12.5 Å². The molecule has 0 spiro atoms. The molecule has 5 nitrogen and oxygen atoms in total. The Morgan fingerprint density at radius 2 is 2.05 bits per heavy atom. The molecule has 1 N–H and O–H groups in total. The molecule has 1 fully saturated rings. The van der Waals surface area contributed by atoms with Crippen LogP contribution in [0.3, 0.4) is 0 Å². The number of likely N-dealkylation sites (tertiary alicyclic amines) is 1. The third-order valence-corrected chi connectivity index (χ3v) is 4.61. The highest BCUT2D eigenvalue weighted by atomic mass is 16.5. The first kappa shape index (κ1) is 12.3. The number of amides is 1. The molecule has 0 radical (unpaired) electrons. The highest BCUT2D eigenvalue weighted by molar-refractivity contribution is 5.96. The van der Waals surface area contributed by atoms with Gasteiger partial charge in [0.1, 0.15) is 5.75 Å². The van der Waals surface area contributed by atoms with Crippen molar-refractivity contribution >= 4 is 11.6 Å². The Morgan fingerprint density at radius 1 is 1.37 bits per heavy atom. The minimum absolute atomic E-state index is 0.257. The van der Waals surface area contributed by atoms with Crippen LogP contribution in [-0.4, -0.2) is 49.4 Å². The lowest BCUT2D eigenvalue weighted by Crippen LogP contribution is -2.58. The normalized spacial score (nSPS) is 32.6. The number of rotatable bonds is 1. The number of hydrogen-bond donors (Lipinski definition) is 1. The van der Waals surface area contributed by atoms with Crippen LogP contribution in [0.4, 0.5) is 5.69 Å². The van der Waals surface area contributed by atoms with E-state index in [1.165, 1.54) is 0 Å². The van der Waals surface area contributed by atoms with Crippen molar-refractivity contribution in [1.29, 1.82) is 0 Å². The molecule has 2 aliphatic rings. The number of aliphatic hydroxyl groups is 1. The largest absolute Gasteiger partial charge is 0.497 e. The summed E-state index contributed by atoms with van der Waals surface area (Å²) >= 11 is 0. The summed E-state index contributed by atoms with van der Waals surface area (Å²) in [6.07, 6.45) is 0. The van der Waals surface area contributed by atoms with Crippen LogP contribution in [0.15, 0.2) is 18.2 Å². The smallest absolute Gasteiger partial charge is 0.276 e. The molecule has 0 bridgehead atoms. The number of likely N-dealkylation sites (N-methyl/N-ethyl adjacent to an activating group) is 2. The van der Waals surface area contributed by atoms with E-state index in [1.54, 1.807) is 31.0 Å². The summed E-state index contributed by atoms with van der Waals surface area (Å²) in [6, 6.07) is 5.65. The summed E-state index contributed by atoms with van der Waals surface area (Å²) in [6.45, 7) is 2.42. The second kappa shape index (κ2) is 3.42. The van der Waals surface area contributed by atoms with E-state index in [1.807, 2.05) is 25.1 Å². The Hall–Kier alpha value is -1.75. The molecular weight excluding hydrogens is 244 g/mol. The molecule has 0 aromatic heterocycles. The van der Waals surface area contributed by atoms with Gasteiger partial charge >= 0.3 is 0 Å². The monoisotopic (exact) mass is 262 g/mol. The van der Waals surface area contributed by atoms with Crippen LogP contribution in [-0.2, 0) is 10.2 Å². The fourth-order valence-electron chi connectivity index (χ4n) is 3.50. The summed E-state index contributed by atoms with van der Waals surface area (Å²) < 4.78 is 5.26. The molecule has 5 heteroatoms. The standard InChI is InChI=1S/C14H18N2O3/c1-13-8-15(2)12(17)14(13,18)16(3)11-6-5-9(19-4)7-10(11)13/h5-7,18H,8H2,1-4H3/t13-,14-/m0/s1. The topological polar surface area (TPSA) is 53.0 Å². The summed E-state index contributed by atoms with van der Waals surface area (Å²) in [5.41, 5.74) is -0.310. The highest BCUT2D eigenvalue weighted by Gasteiger charge is 2.68. The molecule has 19 heavy (non-hydrogen) atoms. The summed E-state index contributed by atoms with van der Waals surface area (Å²) in [5, 5.41) is 11.0.